The second-order valence-corrected chi connectivity index (χ2v) is 9.19. The molecule has 0 spiro atoms. The zero-order chi connectivity index (χ0) is 25.8. The number of carbonyl (C=O) groups is 2. The summed E-state index contributed by atoms with van der Waals surface area (Å²) >= 11 is 0. The molecule has 1 aliphatic rings. The molecule has 2 aromatic heterocycles. The lowest BCUT2D eigenvalue weighted by Gasteiger charge is -2.31. The Morgan fingerprint density at radius 1 is 1.03 bits per heavy atom. The minimum absolute atomic E-state index is 0.123. The number of nitrogens with zero attached hydrogens (tertiary/aromatic N) is 4. The highest BCUT2D eigenvalue weighted by Crippen LogP contribution is 2.27. The highest BCUT2D eigenvalue weighted by atomic mass is 16.5. The first-order valence-corrected chi connectivity index (χ1v) is 12.3. The van der Waals surface area contributed by atoms with Gasteiger partial charge < -0.3 is 15.0 Å². The van der Waals surface area contributed by atoms with Crippen LogP contribution in [0.2, 0.25) is 0 Å². The zero-order valence-corrected chi connectivity index (χ0v) is 20.9. The van der Waals surface area contributed by atoms with Crippen LogP contribution < -0.4 is 10.1 Å². The quantitative estimate of drug-likeness (QED) is 0.417. The fraction of sp³-hybridized carbons (Fsp3) is 0.241. The summed E-state index contributed by atoms with van der Waals surface area (Å²) in [7, 11) is 1.63. The average Bonchev–Trinajstić information content (AvgIpc) is 3.40. The van der Waals surface area contributed by atoms with Crippen molar-refractivity contribution in [2.45, 2.75) is 19.8 Å². The van der Waals surface area contributed by atoms with Gasteiger partial charge in [-0.15, -0.1) is 0 Å². The first-order valence-electron chi connectivity index (χ1n) is 12.3. The molecule has 0 aliphatic carbocycles. The number of para-hydroxylation sites is 1. The van der Waals surface area contributed by atoms with E-state index in [1.54, 1.807) is 29.0 Å². The second-order valence-electron chi connectivity index (χ2n) is 9.19. The minimum atomic E-state index is -0.307. The van der Waals surface area contributed by atoms with Crippen LogP contribution in [-0.4, -0.2) is 51.7 Å². The van der Waals surface area contributed by atoms with Crippen molar-refractivity contribution in [2.75, 3.05) is 25.5 Å². The summed E-state index contributed by atoms with van der Waals surface area (Å²) in [5.41, 5.74) is 3.94. The number of hydrogen-bond acceptors (Lipinski definition) is 5. The number of pyridine rings is 1. The summed E-state index contributed by atoms with van der Waals surface area (Å²) in [6.07, 6.45) is 3.18. The summed E-state index contributed by atoms with van der Waals surface area (Å²) in [6, 6.07) is 22.9. The molecule has 5 rings (SSSR count). The smallest absolute Gasteiger partial charge is 0.274 e. The van der Waals surface area contributed by atoms with E-state index >= 15 is 0 Å². The summed E-state index contributed by atoms with van der Waals surface area (Å²) in [5.74, 6) is 0.658. The highest BCUT2D eigenvalue weighted by Gasteiger charge is 2.30. The maximum atomic E-state index is 13.6. The van der Waals surface area contributed by atoms with Crippen molar-refractivity contribution in [1.29, 1.82) is 0 Å². The Balaban J connectivity index is 1.38. The number of aryl methyl sites for hydroxylation is 1. The molecule has 188 valence electrons. The normalized spacial score (nSPS) is 15.3. The van der Waals surface area contributed by atoms with Crippen LogP contribution in [0.4, 0.5) is 5.82 Å². The van der Waals surface area contributed by atoms with E-state index in [4.69, 9.17) is 9.84 Å². The molecule has 3 heterocycles. The van der Waals surface area contributed by atoms with Gasteiger partial charge in [0, 0.05) is 24.8 Å². The van der Waals surface area contributed by atoms with E-state index < -0.39 is 0 Å². The van der Waals surface area contributed by atoms with Crippen LogP contribution in [0.3, 0.4) is 0 Å². The number of aromatic nitrogens is 3. The molecule has 0 saturated carbocycles. The number of anilines is 1. The van der Waals surface area contributed by atoms with Crippen LogP contribution in [0.25, 0.3) is 16.9 Å². The molecular weight excluding hydrogens is 466 g/mol. The molecule has 8 nitrogen and oxygen atoms in total. The highest BCUT2D eigenvalue weighted by molar-refractivity contribution is 5.95. The zero-order valence-electron chi connectivity index (χ0n) is 20.9. The lowest BCUT2D eigenvalue weighted by Crippen LogP contribution is -2.44. The van der Waals surface area contributed by atoms with Gasteiger partial charge >= 0.3 is 0 Å². The van der Waals surface area contributed by atoms with Crippen LogP contribution in [0.5, 0.6) is 5.75 Å². The van der Waals surface area contributed by atoms with E-state index in [0.717, 1.165) is 41.1 Å². The Morgan fingerprint density at radius 2 is 1.81 bits per heavy atom. The molecule has 1 unspecified atom stereocenters. The van der Waals surface area contributed by atoms with Gasteiger partial charge in [0.2, 0.25) is 5.91 Å². The van der Waals surface area contributed by atoms with Crippen molar-refractivity contribution >= 4 is 17.6 Å². The van der Waals surface area contributed by atoms with E-state index in [1.807, 2.05) is 73.7 Å². The second kappa shape index (κ2) is 10.7. The van der Waals surface area contributed by atoms with Crippen molar-refractivity contribution in [3.63, 3.8) is 0 Å². The van der Waals surface area contributed by atoms with Gasteiger partial charge in [-0.1, -0.05) is 24.3 Å². The van der Waals surface area contributed by atoms with Crippen LogP contribution in [-0.2, 0) is 4.79 Å². The van der Waals surface area contributed by atoms with E-state index in [-0.39, 0.29) is 17.7 Å². The lowest BCUT2D eigenvalue weighted by atomic mass is 9.97. The summed E-state index contributed by atoms with van der Waals surface area (Å²) < 4.78 is 7.08. The molecule has 1 N–H and O–H groups in total. The summed E-state index contributed by atoms with van der Waals surface area (Å²) in [4.78, 5) is 32.5. The molecule has 2 aromatic carbocycles. The van der Waals surface area contributed by atoms with Gasteiger partial charge in [0.1, 0.15) is 11.6 Å². The van der Waals surface area contributed by atoms with Crippen molar-refractivity contribution in [3.05, 3.63) is 90.3 Å². The Bertz CT molecular complexity index is 1380. The van der Waals surface area contributed by atoms with Gasteiger partial charge in [0.25, 0.3) is 5.91 Å². The molecule has 0 radical (unpaired) electrons. The Morgan fingerprint density at radius 3 is 2.51 bits per heavy atom. The Hall–Kier alpha value is -4.46. The number of likely N-dealkylation sites (tertiary alicyclic amines) is 1. The van der Waals surface area contributed by atoms with Gasteiger partial charge in [-0.25, -0.2) is 9.67 Å². The number of ether oxygens (including phenoxy) is 1. The number of piperidine rings is 1. The van der Waals surface area contributed by atoms with Gasteiger partial charge in [-0.2, -0.15) is 5.10 Å². The first-order chi connectivity index (χ1) is 18.0. The van der Waals surface area contributed by atoms with Crippen LogP contribution in [0.1, 0.15) is 28.9 Å². The SMILES string of the molecule is COc1ccc(-c2cc(C(=O)N3CCCC(C(=O)Nc4ccc(C)cn4)C3)nn2-c2ccccc2)cc1. The van der Waals surface area contributed by atoms with E-state index in [9.17, 15) is 9.59 Å². The average molecular weight is 496 g/mol. The van der Waals surface area contributed by atoms with E-state index in [1.165, 1.54) is 0 Å². The van der Waals surface area contributed by atoms with Crippen molar-refractivity contribution in [1.82, 2.24) is 19.7 Å². The van der Waals surface area contributed by atoms with Gasteiger partial charge in [0.15, 0.2) is 5.69 Å². The number of methoxy groups -OCH3 is 1. The molecular formula is C29H29N5O3. The summed E-state index contributed by atoms with van der Waals surface area (Å²) in [6.45, 7) is 2.87. The lowest BCUT2D eigenvalue weighted by molar-refractivity contribution is -0.121. The third-order valence-electron chi connectivity index (χ3n) is 6.56. The Labute approximate surface area is 215 Å². The largest absolute Gasteiger partial charge is 0.497 e. The molecule has 2 amide bonds. The number of hydrogen-bond donors (Lipinski definition) is 1. The molecule has 0 bridgehead atoms. The van der Waals surface area contributed by atoms with Crippen molar-refractivity contribution < 1.29 is 14.3 Å². The van der Waals surface area contributed by atoms with Crippen LogP contribution in [0.15, 0.2) is 79.0 Å². The van der Waals surface area contributed by atoms with Gasteiger partial charge in [-0.3, -0.25) is 9.59 Å². The number of benzene rings is 2. The molecule has 1 aliphatic heterocycles. The molecule has 1 fully saturated rings. The molecule has 1 saturated heterocycles. The van der Waals surface area contributed by atoms with Gasteiger partial charge in [-0.05, 0) is 73.9 Å². The Kier molecular flexibility index (Phi) is 6.98. The molecule has 1 atom stereocenters. The molecule has 37 heavy (non-hydrogen) atoms. The monoisotopic (exact) mass is 495 g/mol. The number of amides is 2. The number of carbonyl (C=O) groups excluding carboxylic acids is 2. The van der Waals surface area contributed by atoms with Crippen molar-refractivity contribution in [2.24, 2.45) is 5.92 Å². The van der Waals surface area contributed by atoms with Gasteiger partial charge in [0.05, 0.1) is 24.4 Å². The number of nitrogens with one attached hydrogen (secondary N) is 1. The summed E-state index contributed by atoms with van der Waals surface area (Å²) in [5, 5.41) is 7.59. The number of rotatable bonds is 6. The van der Waals surface area contributed by atoms with Crippen molar-refractivity contribution in [3.8, 4) is 22.7 Å². The first kappa shape index (κ1) is 24.2. The predicted octanol–water partition coefficient (Wildman–Crippen LogP) is 4.74. The maximum absolute atomic E-state index is 13.6. The predicted molar refractivity (Wildman–Crippen MR) is 142 cm³/mol. The third-order valence-corrected chi connectivity index (χ3v) is 6.56. The third kappa shape index (κ3) is 5.38. The van der Waals surface area contributed by atoms with E-state index in [0.29, 0.717) is 24.6 Å². The fourth-order valence-corrected chi connectivity index (χ4v) is 4.53. The maximum Gasteiger partial charge on any atom is 0.274 e. The minimum Gasteiger partial charge on any atom is -0.497 e. The molecule has 4 aromatic rings. The standard InChI is InChI=1S/C29H29N5O3/c1-20-10-15-27(30-18-20)31-28(35)22-7-6-16-33(19-22)29(36)25-17-26(21-11-13-24(37-2)14-12-21)34(32-25)23-8-4-3-5-9-23/h3-5,8-15,17-18,22H,6-7,16,19H2,1-2H3,(H,30,31,35). The molecule has 8 heteroatoms. The van der Waals surface area contributed by atoms with Crippen LogP contribution in [0, 0.1) is 12.8 Å². The fourth-order valence-electron chi connectivity index (χ4n) is 4.53. The van der Waals surface area contributed by atoms with Crippen LogP contribution >= 0.6 is 0 Å². The van der Waals surface area contributed by atoms with E-state index in [2.05, 4.69) is 10.3 Å². The topological polar surface area (TPSA) is 89.3 Å².